The normalized spacial score (nSPS) is 15.9. The van der Waals surface area contributed by atoms with E-state index < -0.39 is 0 Å². The average molecular weight is 460 g/mol. The van der Waals surface area contributed by atoms with Crippen molar-refractivity contribution in [1.82, 2.24) is 15.1 Å². The Balaban J connectivity index is 1.40. The number of carbonyl (C=O) groups is 2. The maximum absolute atomic E-state index is 13.3. The highest BCUT2D eigenvalue weighted by Gasteiger charge is 2.33. The molecule has 1 aliphatic rings. The predicted octanol–water partition coefficient (Wildman–Crippen LogP) is 3.98. The lowest BCUT2D eigenvalue weighted by molar-refractivity contribution is -0.135. The van der Waals surface area contributed by atoms with Gasteiger partial charge in [-0.05, 0) is 52.9 Å². The molecule has 4 heterocycles. The summed E-state index contributed by atoms with van der Waals surface area (Å²) in [5.41, 5.74) is 1.25. The molecule has 0 radical (unpaired) electrons. The largest absolute Gasteiger partial charge is 0.350 e. The molecular weight excluding hydrogens is 434 g/mol. The highest BCUT2D eigenvalue weighted by molar-refractivity contribution is 7.10. The first-order valence-corrected chi connectivity index (χ1v) is 12.7. The Labute approximate surface area is 189 Å². The number of amides is 2. The van der Waals surface area contributed by atoms with Gasteiger partial charge in [0.25, 0.3) is 0 Å². The minimum Gasteiger partial charge on any atom is -0.350 e. The molecule has 30 heavy (non-hydrogen) atoms. The molecule has 1 unspecified atom stereocenters. The third-order valence-corrected chi connectivity index (χ3v) is 8.11. The summed E-state index contributed by atoms with van der Waals surface area (Å²) < 4.78 is 0. The van der Waals surface area contributed by atoms with Crippen LogP contribution in [0.3, 0.4) is 0 Å². The van der Waals surface area contributed by atoms with Crippen molar-refractivity contribution in [3.63, 3.8) is 0 Å². The van der Waals surface area contributed by atoms with Gasteiger partial charge in [0.2, 0.25) is 11.8 Å². The van der Waals surface area contributed by atoms with Gasteiger partial charge in [-0.1, -0.05) is 19.1 Å². The number of fused-ring (bicyclic) bond motifs is 1. The van der Waals surface area contributed by atoms with E-state index in [1.807, 2.05) is 40.3 Å². The molecule has 1 atom stereocenters. The molecule has 0 aliphatic carbocycles. The van der Waals surface area contributed by atoms with Gasteiger partial charge in [-0.25, -0.2) is 0 Å². The fourth-order valence-corrected chi connectivity index (χ4v) is 6.16. The standard InChI is InChI=1S/C22H25N3O2S3/c1-2-24(14-20(26)23-13-16-5-3-10-28-16)15-21(27)25-9-7-18-17(8-12-30-18)22(25)19-6-4-11-29-19/h3-6,8,10-12,22H,2,7,9,13-15H2,1H3,(H,23,26). The van der Waals surface area contributed by atoms with Gasteiger partial charge in [-0.15, -0.1) is 34.0 Å². The number of likely N-dealkylation sites (N-methyl/N-ethyl adjacent to an activating group) is 1. The van der Waals surface area contributed by atoms with E-state index in [1.54, 1.807) is 34.0 Å². The smallest absolute Gasteiger partial charge is 0.237 e. The fraction of sp³-hybridized carbons (Fsp3) is 0.364. The third kappa shape index (κ3) is 4.83. The molecule has 5 nitrogen and oxygen atoms in total. The van der Waals surface area contributed by atoms with Gasteiger partial charge in [0.05, 0.1) is 25.7 Å². The van der Waals surface area contributed by atoms with Gasteiger partial charge in [0.15, 0.2) is 0 Å². The second-order valence-electron chi connectivity index (χ2n) is 7.21. The maximum atomic E-state index is 13.3. The summed E-state index contributed by atoms with van der Waals surface area (Å²) in [7, 11) is 0. The van der Waals surface area contributed by atoms with Crippen LogP contribution in [-0.2, 0) is 22.6 Å². The van der Waals surface area contributed by atoms with E-state index in [0.29, 0.717) is 13.1 Å². The molecule has 4 rings (SSSR count). The molecule has 8 heteroatoms. The van der Waals surface area contributed by atoms with Gasteiger partial charge in [-0.3, -0.25) is 14.5 Å². The van der Waals surface area contributed by atoms with Crippen LogP contribution in [0.15, 0.2) is 46.5 Å². The average Bonchev–Trinajstić information content (AvgIpc) is 3.53. The van der Waals surface area contributed by atoms with Crippen LogP contribution in [0.4, 0.5) is 0 Å². The summed E-state index contributed by atoms with van der Waals surface area (Å²) in [6.07, 6.45) is 0.897. The predicted molar refractivity (Wildman–Crippen MR) is 124 cm³/mol. The first kappa shape index (κ1) is 21.2. The minimum absolute atomic E-state index is 0.0149. The summed E-state index contributed by atoms with van der Waals surface area (Å²) >= 11 is 5.09. The Morgan fingerprint density at radius 2 is 1.93 bits per heavy atom. The summed E-state index contributed by atoms with van der Waals surface area (Å²) in [5.74, 6) is 0.0322. The molecule has 1 N–H and O–H groups in total. The fourth-order valence-electron chi connectivity index (χ4n) is 3.76. The van der Waals surface area contributed by atoms with Crippen LogP contribution in [0.5, 0.6) is 0 Å². The SMILES string of the molecule is CCN(CC(=O)NCc1cccs1)CC(=O)N1CCc2sccc2C1c1cccs1. The molecule has 3 aromatic rings. The Morgan fingerprint density at radius 3 is 2.67 bits per heavy atom. The molecule has 3 aromatic heterocycles. The van der Waals surface area contributed by atoms with Gasteiger partial charge >= 0.3 is 0 Å². The zero-order valence-electron chi connectivity index (χ0n) is 16.9. The molecule has 158 valence electrons. The Kier molecular flexibility index (Phi) is 6.99. The van der Waals surface area contributed by atoms with E-state index in [-0.39, 0.29) is 30.9 Å². The Bertz CT molecular complexity index is 966. The van der Waals surface area contributed by atoms with Crippen LogP contribution < -0.4 is 5.32 Å². The van der Waals surface area contributed by atoms with E-state index in [9.17, 15) is 9.59 Å². The van der Waals surface area contributed by atoms with Crippen LogP contribution in [0.2, 0.25) is 0 Å². The van der Waals surface area contributed by atoms with Gasteiger partial charge in [0.1, 0.15) is 0 Å². The lowest BCUT2D eigenvalue weighted by Crippen LogP contribution is -2.47. The van der Waals surface area contributed by atoms with Crippen LogP contribution in [0, 0.1) is 0 Å². The lowest BCUT2D eigenvalue weighted by Gasteiger charge is -2.36. The zero-order valence-corrected chi connectivity index (χ0v) is 19.3. The van der Waals surface area contributed by atoms with Crippen LogP contribution in [0.25, 0.3) is 0 Å². The first-order chi connectivity index (χ1) is 14.7. The number of rotatable bonds is 8. The molecule has 0 fully saturated rings. The van der Waals surface area contributed by atoms with Crippen molar-refractivity contribution in [3.8, 4) is 0 Å². The monoisotopic (exact) mass is 459 g/mol. The Hall–Kier alpha value is -2.00. The number of thiophene rings is 3. The van der Waals surface area contributed by atoms with Crippen molar-refractivity contribution >= 4 is 45.8 Å². The number of nitrogens with one attached hydrogen (secondary N) is 1. The van der Waals surface area contributed by atoms with E-state index in [4.69, 9.17) is 0 Å². The molecular formula is C22H25N3O2S3. The topological polar surface area (TPSA) is 52.7 Å². The van der Waals surface area contributed by atoms with Crippen LogP contribution in [-0.4, -0.2) is 47.8 Å². The van der Waals surface area contributed by atoms with Gasteiger partial charge < -0.3 is 10.2 Å². The van der Waals surface area contributed by atoms with Crippen LogP contribution >= 0.6 is 34.0 Å². The number of hydrogen-bond donors (Lipinski definition) is 1. The first-order valence-electron chi connectivity index (χ1n) is 10.1. The molecule has 0 saturated heterocycles. The number of hydrogen-bond acceptors (Lipinski definition) is 6. The third-order valence-electron chi connectivity index (χ3n) is 5.31. The summed E-state index contributed by atoms with van der Waals surface area (Å²) in [4.78, 5) is 33.3. The Morgan fingerprint density at radius 1 is 1.10 bits per heavy atom. The van der Waals surface area contributed by atoms with Gasteiger partial charge in [-0.2, -0.15) is 0 Å². The van der Waals surface area contributed by atoms with Gasteiger partial charge in [0, 0.05) is 21.2 Å². The van der Waals surface area contributed by atoms with E-state index >= 15 is 0 Å². The zero-order chi connectivity index (χ0) is 20.9. The van der Waals surface area contributed by atoms with Crippen molar-refractivity contribution in [2.45, 2.75) is 25.9 Å². The highest BCUT2D eigenvalue weighted by atomic mass is 32.1. The summed E-state index contributed by atoms with van der Waals surface area (Å²) in [5, 5.41) is 9.14. The molecule has 0 aromatic carbocycles. The van der Waals surface area contributed by atoms with Crippen molar-refractivity contribution in [1.29, 1.82) is 0 Å². The number of nitrogens with zero attached hydrogens (tertiary/aromatic N) is 2. The van der Waals surface area contributed by atoms with E-state index in [2.05, 4.69) is 28.2 Å². The van der Waals surface area contributed by atoms with E-state index in [0.717, 1.165) is 17.8 Å². The molecule has 0 bridgehead atoms. The molecule has 0 saturated carbocycles. The number of carbonyl (C=O) groups excluding carboxylic acids is 2. The quantitative estimate of drug-likeness (QED) is 0.554. The van der Waals surface area contributed by atoms with E-state index in [1.165, 1.54) is 15.3 Å². The lowest BCUT2D eigenvalue weighted by atomic mass is 9.98. The molecule has 0 spiro atoms. The molecule has 1 aliphatic heterocycles. The minimum atomic E-state index is -0.0494. The second-order valence-corrected chi connectivity index (χ2v) is 10.2. The van der Waals surface area contributed by atoms with Crippen molar-refractivity contribution < 1.29 is 9.59 Å². The second kappa shape index (κ2) is 9.87. The maximum Gasteiger partial charge on any atom is 0.237 e. The van der Waals surface area contributed by atoms with Crippen molar-refractivity contribution in [2.75, 3.05) is 26.2 Å². The highest BCUT2D eigenvalue weighted by Crippen LogP contribution is 2.39. The van der Waals surface area contributed by atoms with Crippen molar-refractivity contribution in [3.05, 3.63) is 66.7 Å². The summed E-state index contributed by atoms with van der Waals surface area (Å²) in [6.45, 7) is 4.38. The van der Waals surface area contributed by atoms with Crippen molar-refractivity contribution in [2.24, 2.45) is 0 Å². The molecule has 2 amide bonds. The summed E-state index contributed by atoms with van der Waals surface area (Å²) in [6, 6.07) is 10.3. The van der Waals surface area contributed by atoms with Crippen LogP contribution in [0.1, 0.15) is 33.2 Å².